The third kappa shape index (κ3) is 6.59. The lowest BCUT2D eigenvalue weighted by molar-refractivity contribution is 0.0730. The number of carbonyl (C=O) groups excluding carboxylic acids is 2. The summed E-state index contributed by atoms with van der Waals surface area (Å²) in [5.41, 5.74) is 3.57. The van der Waals surface area contributed by atoms with Gasteiger partial charge in [-0.1, -0.05) is 30.3 Å². The van der Waals surface area contributed by atoms with Gasteiger partial charge in [0.15, 0.2) is 0 Å². The molecule has 43 heavy (non-hydrogen) atoms. The summed E-state index contributed by atoms with van der Waals surface area (Å²) in [6.45, 7) is 4.73. The summed E-state index contributed by atoms with van der Waals surface area (Å²) in [7, 11) is 0. The molecule has 2 aromatic heterocycles. The number of hydrogen-bond acceptors (Lipinski definition) is 6. The fourth-order valence-electron chi connectivity index (χ4n) is 6.37. The summed E-state index contributed by atoms with van der Waals surface area (Å²) in [5.74, 6) is -0.425. The molecule has 2 amide bonds. The van der Waals surface area contributed by atoms with Crippen LogP contribution in [0.15, 0.2) is 78.4 Å². The van der Waals surface area contributed by atoms with E-state index in [1.807, 2.05) is 82.7 Å². The molecule has 8 nitrogen and oxygen atoms in total. The Hall–Kier alpha value is -3.79. The number of hydrogen-bond donors (Lipinski definition) is 3. The van der Waals surface area contributed by atoms with Gasteiger partial charge in [-0.2, -0.15) is 0 Å². The zero-order chi connectivity index (χ0) is 29.9. The predicted octanol–water partition coefficient (Wildman–Crippen LogP) is 5.06. The Morgan fingerprint density at radius 3 is 2.53 bits per heavy atom. The molecule has 4 aromatic rings. The number of aryl methyl sites for hydroxylation is 1. The molecule has 224 valence electrons. The van der Waals surface area contributed by atoms with Crippen LogP contribution in [0.3, 0.4) is 0 Å². The number of rotatable bonds is 9. The maximum absolute atomic E-state index is 14.0. The first-order valence-electron chi connectivity index (χ1n) is 15.2. The Labute approximate surface area is 256 Å². The minimum absolute atomic E-state index is 0.0644. The van der Waals surface area contributed by atoms with Crippen LogP contribution in [0.1, 0.15) is 75.6 Å². The summed E-state index contributed by atoms with van der Waals surface area (Å²) in [4.78, 5) is 34.5. The third-order valence-corrected chi connectivity index (χ3v) is 9.68. The average molecular weight is 598 g/mol. The quantitative estimate of drug-likeness (QED) is 0.251. The topological polar surface area (TPSA) is 99.5 Å². The van der Waals surface area contributed by atoms with E-state index in [0.717, 1.165) is 47.6 Å². The van der Waals surface area contributed by atoms with Gasteiger partial charge in [-0.3, -0.25) is 9.59 Å². The molecule has 0 aliphatic carbocycles. The van der Waals surface area contributed by atoms with Gasteiger partial charge in [0.25, 0.3) is 11.8 Å². The van der Waals surface area contributed by atoms with Crippen LogP contribution in [0.5, 0.6) is 0 Å². The van der Waals surface area contributed by atoms with Crippen LogP contribution in [0.4, 0.5) is 0 Å². The van der Waals surface area contributed by atoms with E-state index in [-0.39, 0.29) is 23.9 Å². The van der Waals surface area contributed by atoms with Crippen molar-refractivity contribution < 1.29 is 14.7 Å². The molecule has 5 atom stereocenters. The van der Waals surface area contributed by atoms with Gasteiger partial charge in [0.1, 0.15) is 5.01 Å². The van der Waals surface area contributed by atoms with Gasteiger partial charge in [0.2, 0.25) is 0 Å². The average Bonchev–Trinajstić information content (AvgIpc) is 3.84. The highest BCUT2D eigenvalue weighted by Crippen LogP contribution is 2.35. The standard InChI is InChI=1S/C34H39N5O3S/c1-22-12-13-28(35-22)31(40)29(17-24-9-4-3-5-10-24)37-32(41)25-18-26(20-27(19-25)38-14-6-7-15-38)34(42)39-16-8-11-30(39)33-36-23(2)21-43-33/h3-7,9-10,14-15,18-22,28-31,35,40H,8,11-13,16-17H2,1-2H3,(H,37,41)/t22-,28-,29+,30-,31-/m1/s1. The van der Waals surface area contributed by atoms with Crippen LogP contribution in [-0.2, 0) is 6.42 Å². The Kier molecular flexibility index (Phi) is 8.74. The molecule has 0 unspecified atom stereocenters. The predicted molar refractivity (Wildman–Crippen MR) is 169 cm³/mol. The van der Waals surface area contributed by atoms with E-state index < -0.39 is 12.1 Å². The molecule has 4 heterocycles. The SMILES string of the molecule is Cc1csc([C@H]2CCCN2C(=O)c2cc(C(=O)N[C@@H](Cc3ccccc3)[C@H](O)[C@H]3CC[C@@H](C)N3)cc(-n3cccc3)c2)n1. The molecule has 2 aromatic carbocycles. The van der Waals surface area contributed by atoms with Crippen molar-refractivity contribution in [3.05, 3.63) is 106 Å². The number of likely N-dealkylation sites (tertiary alicyclic amines) is 1. The number of nitrogens with zero attached hydrogens (tertiary/aromatic N) is 3. The first-order chi connectivity index (χ1) is 20.9. The summed E-state index contributed by atoms with van der Waals surface area (Å²) in [6, 6.07) is 18.7. The molecule has 0 bridgehead atoms. The maximum Gasteiger partial charge on any atom is 0.254 e. The highest BCUT2D eigenvalue weighted by atomic mass is 32.1. The number of aliphatic hydroxyl groups excluding tert-OH is 1. The summed E-state index contributed by atoms with van der Waals surface area (Å²) >= 11 is 1.59. The van der Waals surface area contributed by atoms with Gasteiger partial charge in [0.05, 0.1) is 18.2 Å². The van der Waals surface area contributed by atoms with Crippen molar-refractivity contribution in [3.8, 4) is 5.69 Å². The normalized spacial score (nSPS) is 21.6. The minimum Gasteiger partial charge on any atom is -0.389 e. The monoisotopic (exact) mass is 597 g/mol. The third-order valence-electron chi connectivity index (χ3n) is 8.61. The minimum atomic E-state index is -0.769. The number of thiazole rings is 1. The Morgan fingerprint density at radius 2 is 1.84 bits per heavy atom. The molecule has 2 aliphatic heterocycles. The van der Waals surface area contributed by atoms with Crippen molar-refractivity contribution in [1.82, 2.24) is 25.1 Å². The summed E-state index contributed by atoms with van der Waals surface area (Å²) in [6.07, 6.45) is 7.13. The van der Waals surface area contributed by atoms with E-state index in [2.05, 4.69) is 22.5 Å². The van der Waals surface area contributed by atoms with Gasteiger partial charge in [-0.05, 0) is 81.8 Å². The van der Waals surface area contributed by atoms with Gasteiger partial charge >= 0.3 is 0 Å². The molecule has 2 aliphatic rings. The Balaban J connectivity index is 1.30. The molecule has 3 N–H and O–H groups in total. The second-order valence-electron chi connectivity index (χ2n) is 11.9. The van der Waals surface area contributed by atoms with E-state index in [0.29, 0.717) is 30.1 Å². The largest absolute Gasteiger partial charge is 0.389 e. The fourth-order valence-corrected chi connectivity index (χ4v) is 7.31. The molecule has 0 radical (unpaired) electrons. The number of aromatic nitrogens is 2. The van der Waals surface area contributed by atoms with E-state index in [4.69, 9.17) is 0 Å². The van der Waals surface area contributed by atoms with Crippen LogP contribution in [0.2, 0.25) is 0 Å². The lowest BCUT2D eigenvalue weighted by Gasteiger charge is -2.29. The first-order valence-corrected chi connectivity index (χ1v) is 16.0. The zero-order valence-corrected chi connectivity index (χ0v) is 25.5. The fraction of sp³-hybridized carbons (Fsp3) is 0.382. The van der Waals surface area contributed by atoms with Crippen molar-refractivity contribution >= 4 is 23.2 Å². The van der Waals surface area contributed by atoms with Crippen LogP contribution in [0.25, 0.3) is 5.69 Å². The van der Waals surface area contributed by atoms with Gasteiger partial charge < -0.3 is 25.2 Å². The molecule has 6 rings (SSSR count). The van der Waals surface area contributed by atoms with Crippen LogP contribution >= 0.6 is 11.3 Å². The summed E-state index contributed by atoms with van der Waals surface area (Å²) in [5, 5.41) is 21.1. The van der Waals surface area contributed by atoms with Crippen molar-refractivity contribution in [2.45, 2.75) is 76.2 Å². The van der Waals surface area contributed by atoms with Crippen LogP contribution in [0, 0.1) is 6.92 Å². The Bertz CT molecular complexity index is 1550. The first kappa shape index (κ1) is 29.3. The number of aliphatic hydroxyl groups is 1. The molecule has 9 heteroatoms. The molecule has 0 saturated carbocycles. The lowest BCUT2D eigenvalue weighted by atomic mass is 9.95. The summed E-state index contributed by atoms with van der Waals surface area (Å²) < 4.78 is 1.90. The highest BCUT2D eigenvalue weighted by Gasteiger charge is 2.35. The second kappa shape index (κ2) is 12.8. The molecule has 0 spiro atoms. The molecular weight excluding hydrogens is 558 g/mol. The van der Waals surface area contributed by atoms with E-state index in [9.17, 15) is 14.7 Å². The van der Waals surface area contributed by atoms with E-state index in [1.165, 1.54) is 0 Å². The van der Waals surface area contributed by atoms with Crippen molar-refractivity contribution in [1.29, 1.82) is 0 Å². The van der Waals surface area contributed by atoms with Crippen molar-refractivity contribution in [3.63, 3.8) is 0 Å². The number of benzene rings is 2. The molecule has 2 saturated heterocycles. The molecule has 2 fully saturated rings. The zero-order valence-electron chi connectivity index (χ0n) is 24.6. The lowest BCUT2D eigenvalue weighted by Crippen LogP contribution is -2.53. The highest BCUT2D eigenvalue weighted by molar-refractivity contribution is 7.09. The Morgan fingerprint density at radius 1 is 1.07 bits per heavy atom. The second-order valence-corrected chi connectivity index (χ2v) is 12.7. The smallest absolute Gasteiger partial charge is 0.254 e. The van der Waals surface area contributed by atoms with E-state index >= 15 is 0 Å². The number of nitrogens with one attached hydrogen (secondary N) is 2. The van der Waals surface area contributed by atoms with Gasteiger partial charge in [-0.15, -0.1) is 11.3 Å². The maximum atomic E-state index is 14.0. The van der Waals surface area contributed by atoms with Crippen molar-refractivity contribution in [2.75, 3.05) is 6.54 Å². The van der Waals surface area contributed by atoms with Crippen LogP contribution < -0.4 is 10.6 Å². The van der Waals surface area contributed by atoms with E-state index in [1.54, 1.807) is 23.5 Å². The number of carbonyl (C=O) groups is 2. The van der Waals surface area contributed by atoms with Gasteiger partial charge in [0, 0.05) is 58.9 Å². The number of amides is 2. The molecular formula is C34H39N5O3S. The van der Waals surface area contributed by atoms with Crippen molar-refractivity contribution in [2.24, 2.45) is 0 Å². The van der Waals surface area contributed by atoms with Gasteiger partial charge in [-0.25, -0.2) is 4.98 Å². The van der Waals surface area contributed by atoms with Crippen LogP contribution in [-0.4, -0.2) is 62.1 Å².